The molecule has 0 radical (unpaired) electrons. The third-order valence-electron chi connectivity index (χ3n) is 2.35. The molecule has 2 rings (SSSR count). The van der Waals surface area contributed by atoms with Gasteiger partial charge in [-0.2, -0.15) is 0 Å². The number of nitrogens with two attached hydrogens (primary N) is 1. The Bertz CT molecular complexity index is 604. The van der Waals surface area contributed by atoms with Gasteiger partial charge in [-0.3, -0.25) is 9.59 Å². The summed E-state index contributed by atoms with van der Waals surface area (Å²) in [6.45, 7) is 0.193. The van der Waals surface area contributed by atoms with Gasteiger partial charge in [0.25, 0.3) is 5.56 Å². The third-order valence-corrected chi connectivity index (χ3v) is 3.25. The van der Waals surface area contributed by atoms with Crippen LogP contribution in [0.25, 0.3) is 10.2 Å². The van der Waals surface area contributed by atoms with E-state index < -0.39 is 0 Å². The highest BCUT2D eigenvalue weighted by atomic mass is 32.1. The van der Waals surface area contributed by atoms with Gasteiger partial charge in [-0.15, -0.1) is 11.3 Å². The van der Waals surface area contributed by atoms with Gasteiger partial charge in [0.05, 0.1) is 18.6 Å². The maximum Gasteiger partial charge on any atom is 0.268 e. The van der Waals surface area contributed by atoms with Gasteiger partial charge in [0.1, 0.15) is 10.5 Å². The number of carbonyl (C=O) groups excluding carboxylic acids is 1. The largest absolute Gasteiger partial charge is 0.337 e. The molecule has 0 aliphatic carbocycles. The first kappa shape index (κ1) is 11.7. The second-order valence-electron chi connectivity index (χ2n) is 3.60. The summed E-state index contributed by atoms with van der Waals surface area (Å²) < 4.78 is 0.599. The van der Waals surface area contributed by atoms with Crippen molar-refractivity contribution in [3.8, 4) is 0 Å². The van der Waals surface area contributed by atoms with Gasteiger partial charge in [-0.05, 0) is 11.4 Å². The Morgan fingerprint density at radius 1 is 1.65 bits per heavy atom. The average Bonchev–Trinajstić information content (AvgIpc) is 2.76. The number of nitrogens with zero attached hydrogens (tertiary/aromatic N) is 2. The minimum atomic E-state index is -0.196. The van der Waals surface area contributed by atoms with Gasteiger partial charge in [0, 0.05) is 7.05 Å². The van der Waals surface area contributed by atoms with Crippen molar-refractivity contribution in [2.75, 3.05) is 13.6 Å². The van der Waals surface area contributed by atoms with E-state index in [4.69, 9.17) is 5.73 Å². The number of fused-ring (bicyclic) bond motifs is 1. The first-order valence-corrected chi connectivity index (χ1v) is 5.90. The van der Waals surface area contributed by atoms with Gasteiger partial charge < -0.3 is 15.6 Å². The van der Waals surface area contributed by atoms with Crippen LogP contribution in [0.15, 0.2) is 16.2 Å². The number of likely N-dealkylation sites (N-methyl/N-ethyl adjacent to an activating group) is 1. The van der Waals surface area contributed by atoms with Crippen molar-refractivity contribution < 1.29 is 4.79 Å². The summed E-state index contributed by atoms with van der Waals surface area (Å²) in [6.07, 6.45) is 0. The molecule has 0 bridgehead atoms. The van der Waals surface area contributed by atoms with Crippen LogP contribution in [0.2, 0.25) is 0 Å². The lowest BCUT2D eigenvalue weighted by Gasteiger charge is -2.14. The van der Waals surface area contributed by atoms with Crippen molar-refractivity contribution in [3.05, 3.63) is 27.6 Å². The first-order valence-electron chi connectivity index (χ1n) is 5.02. The van der Waals surface area contributed by atoms with E-state index in [0.717, 1.165) is 0 Å². The van der Waals surface area contributed by atoms with Crippen molar-refractivity contribution in [2.24, 2.45) is 5.73 Å². The van der Waals surface area contributed by atoms with E-state index in [1.54, 1.807) is 13.1 Å². The molecular formula is C10H12N4O2S. The molecule has 7 heteroatoms. The van der Waals surface area contributed by atoms with Gasteiger partial charge in [-0.25, -0.2) is 4.98 Å². The number of H-pyrrole nitrogens is 1. The van der Waals surface area contributed by atoms with Crippen molar-refractivity contribution in [1.82, 2.24) is 14.9 Å². The Morgan fingerprint density at radius 3 is 3.12 bits per heavy atom. The van der Waals surface area contributed by atoms with Crippen LogP contribution in [-0.2, 0) is 11.3 Å². The number of rotatable bonds is 3. The molecule has 2 aromatic heterocycles. The van der Waals surface area contributed by atoms with Gasteiger partial charge in [0.2, 0.25) is 5.91 Å². The lowest BCUT2D eigenvalue weighted by molar-refractivity contribution is -0.129. The molecule has 0 atom stereocenters. The summed E-state index contributed by atoms with van der Waals surface area (Å²) in [5, 5.41) is 1.81. The average molecular weight is 252 g/mol. The number of hydrogen-bond donors (Lipinski definition) is 2. The number of aromatic nitrogens is 2. The Balaban J connectivity index is 2.30. The Labute approximate surface area is 101 Å². The fourth-order valence-corrected chi connectivity index (χ4v) is 2.19. The summed E-state index contributed by atoms with van der Waals surface area (Å²) in [5.41, 5.74) is 5.73. The number of thiophene rings is 1. The topological polar surface area (TPSA) is 92.1 Å². The van der Waals surface area contributed by atoms with Crippen molar-refractivity contribution in [3.63, 3.8) is 0 Å². The predicted octanol–water partition coefficient (Wildman–Crippen LogP) is -0.0983. The van der Waals surface area contributed by atoms with Gasteiger partial charge in [-0.1, -0.05) is 0 Å². The van der Waals surface area contributed by atoms with Crippen LogP contribution in [0, 0.1) is 0 Å². The first-order chi connectivity index (χ1) is 8.11. The van der Waals surface area contributed by atoms with Crippen LogP contribution in [0.1, 0.15) is 5.82 Å². The van der Waals surface area contributed by atoms with E-state index in [1.165, 1.54) is 16.2 Å². The predicted molar refractivity (Wildman–Crippen MR) is 65.8 cm³/mol. The number of hydrogen-bond acceptors (Lipinski definition) is 5. The highest BCUT2D eigenvalue weighted by Gasteiger charge is 2.10. The highest BCUT2D eigenvalue weighted by Crippen LogP contribution is 2.13. The fourth-order valence-electron chi connectivity index (χ4n) is 1.47. The molecule has 0 saturated carbocycles. The highest BCUT2D eigenvalue weighted by molar-refractivity contribution is 7.17. The molecule has 17 heavy (non-hydrogen) atoms. The van der Waals surface area contributed by atoms with E-state index in [0.29, 0.717) is 16.0 Å². The van der Waals surface area contributed by atoms with E-state index in [9.17, 15) is 9.59 Å². The molecule has 2 heterocycles. The molecule has 0 fully saturated rings. The molecule has 0 unspecified atom stereocenters. The van der Waals surface area contributed by atoms with Crippen LogP contribution < -0.4 is 11.3 Å². The van der Waals surface area contributed by atoms with E-state index >= 15 is 0 Å². The summed E-state index contributed by atoms with van der Waals surface area (Å²) in [4.78, 5) is 31.3. The Morgan fingerprint density at radius 2 is 2.41 bits per heavy atom. The maximum atomic E-state index is 11.7. The molecule has 0 aliphatic rings. The third kappa shape index (κ3) is 2.34. The number of aromatic amines is 1. The zero-order valence-electron chi connectivity index (χ0n) is 9.27. The zero-order chi connectivity index (χ0) is 12.4. The molecule has 1 amide bonds. The second-order valence-corrected chi connectivity index (χ2v) is 4.52. The number of amides is 1. The smallest absolute Gasteiger partial charge is 0.268 e. The lowest BCUT2D eigenvalue weighted by atomic mass is 10.4. The molecule has 6 nitrogen and oxygen atoms in total. The summed E-state index contributed by atoms with van der Waals surface area (Å²) in [6, 6.07) is 1.78. The lowest BCUT2D eigenvalue weighted by Crippen LogP contribution is -2.33. The van der Waals surface area contributed by atoms with Crippen molar-refractivity contribution in [2.45, 2.75) is 6.54 Å². The van der Waals surface area contributed by atoms with E-state index in [2.05, 4.69) is 9.97 Å². The zero-order valence-corrected chi connectivity index (χ0v) is 10.1. The number of nitrogens with one attached hydrogen (secondary N) is 1. The Kier molecular flexibility index (Phi) is 3.21. The Hall–Kier alpha value is -1.73. The summed E-state index contributed by atoms with van der Waals surface area (Å²) in [5.74, 6) is 0.267. The summed E-state index contributed by atoms with van der Waals surface area (Å²) in [7, 11) is 1.62. The van der Waals surface area contributed by atoms with Crippen molar-refractivity contribution in [1.29, 1.82) is 0 Å². The minimum Gasteiger partial charge on any atom is -0.337 e. The monoisotopic (exact) mass is 252 g/mol. The molecule has 0 aliphatic heterocycles. The van der Waals surface area contributed by atoms with Crippen LogP contribution in [0.3, 0.4) is 0 Å². The SMILES string of the molecule is CN(Cc1nc2ccsc2c(=O)[nH]1)C(=O)CN. The fraction of sp³-hybridized carbons (Fsp3) is 0.300. The molecule has 0 saturated heterocycles. The van der Waals surface area contributed by atoms with Crippen molar-refractivity contribution >= 4 is 27.5 Å². The molecular weight excluding hydrogens is 240 g/mol. The quantitative estimate of drug-likeness (QED) is 0.798. The van der Waals surface area contributed by atoms with Crippen LogP contribution in [-0.4, -0.2) is 34.4 Å². The van der Waals surface area contributed by atoms with Crippen LogP contribution in [0.4, 0.5) is 0 Å². The molecule has 0 aromatic carbocycles. The second kappa shape index (κ2) is 4.64. The number of carbonyl (C=O) groups is 1. The van der Waals surface area contributed by atoms with Gasteiger partial charge >= 0.3 is 0 Å². The van der Waals surface area contributed by atoms with E-state index in [-0.39, 0.29) is 24.6 Å². The normalized spacial score (nSPS) is 10.7. The molecule has 2 aromatic rings. The minimum absolute atomic E-state index is 0.0541. The van der Waals surface area contributed by atoms with Crippen LogP contribution >= 0.6 is 11.3 Å². The van der Waals surface area contributed by atoms with Gasteiger partial charge in [0.15, 0.2) is 0 Å². The summed E-state index contributed by atoms with van der Waals surface area (Å²) >= 11 is 1.35. The molecule has 0 spiro atoms. The van der Waals surface area contributed by atoms with E-state index in [1.807, 2.05) is 5.38 Å². The molecule has 3 N–H and O–H groups in total. The standard InChI is InChI=1S/C10H12N4O2S/c1-14(8(15)4-11)5-7-12-6-2-3-17-9(6)10(16)13-7/h2-3H,4-5,11H2,1H3,(H,12,13,16). The maximum absolute atomic E-state index is 11.7. The van der Waals surface area contributed by atoms with Crippen LogP contribution in [0.5, 0.6) is 0 Å². The molecule has 90 valence electrons.